The Morgan fingerprint density at radius 1 is 1.17 bits per heavy atom. The van der Waals surface area contributed by atoms with Gasteiger partial charge in [-0.1, -0.05) is 32.0 Å². The van der Waals surface area contributed by atoms with Gasteiger partial charge in [-0.25, -0.2) is 0 Å². The molecule has 30 heavy (non-hydrogen) atoms. The fourth-order valence-electron chi connectivity index (χ4n) is 3.66. The van der Waals surface area contributed by atoms with Gasteiger partial charge in [-0.15, -0.1) is 0 Å². The average molecular weight is 417 g/mol. The van der Waals surface area contributed by atoms with E-state index in [4.69, 9.17) is 0 Å². The Labute approximate surface area is 177 Å². The van der Waals surface area contributed by atoms with E-state index in [1.54, 1.807) is 19.2 Å². The topological polar surface area (TPSA) is 108 Å². The van der Waals surface area contributed by atoms with Crippen LogP contribution in [-0.2, 0) is 14.4 Å². The Bertz CT molecular complexity index is 793. The van der Waals surface area contributed by atoms with Crippen molar-refractivity contribution >= 4 is 23.6 Å². The van der Waals surface area contributed by atoms with E-state index < -0.39 is 18.0 Å². The average Bonchev–Trinajstić information content (AvgIpc) is 3.20. The molecule has 4 amide bonds. The van der Waals surface area contributed by atoms with Crippen molar-refractivity contribution in [1.29, 1.82) is 0 Å². The number of hydrogen-bond donors (Lipinski definition) is 3. The van der Waals surface area contributed by atoms with E-state index in [1.807, 2.05) is 32.9 Å². The molecule has 8 nitrogen and oxygen atoms in total. The quantitative estimate of drug-likeness (QED) is 0.587. The third-order valence-electron chi connectivity index (χ3n) is 5.25. The Balaban J connectivity index is 1.99. The summed E-state index contributed by atoms with van der Waals surface area (Å²) in [5, 5.41) is 8.00. The van der Waals surface area contributed by atoms with Crippen LogP contribution in [0.15, 0.2) is 24.3 Å². The minimum absolute atomic E-state index is 0.171. The van der Waals surface area contributed by atoms with E-state index in [-0.39, 0.29) is 30.2 Å². The second-order valence-corrected chi connectivity index (χ2v) is 8.05. The maximum atomic E-state index is 12.7. The molecule has 1 aliphatic heterocycles. The van der Waals surface area contributed by atoms with Crippen molar-refractivity contribution in [2.24, 2.45) is 5.92 Å². The van der Waals surface area contributed by atoms with Crippen molar-refractivity contribution in [3.8, 4) is 0 Å². The van der Waals surface area contributed by atoms with Gasteiger partial charge >= 0.3 is 0 Å². The summed E-state index contributed by atoms with van der Waals surface area (Å²) >= 11 is 0. The van der Waals surface area contributed by atoms with Crippen molar-refractivity contribution in [3.63, 3.8) is 0 Å². The van der Waals surface area contributed by atoms with Crippen LogP contribution in [0.25, 0.3) is 0 Å². The normalized spacial score (nSPS) is 16.8. The highest BCUT2D eigenvalue weighted by Gasteiger charge is 2.33. The molecule has 2 atom stereocenters. The molecule has 0 saturated carbocycles. The number of aryl methyl sites for hydroxylation is 1. The lowest BCUT2D eigenvalue weighted by molar-refractivity contribution is -0.138. The number of hydrogen-bond acceptors (Lipinski definition) is 4. The molecule has 0 spiro atoms. The number of carbonyl (C=O) groups excluding carboxylic acids is 4. The van der Waals surface area contributed by atoms with E-state index in [0.717, 1.165) is 12.0 Å². The van der Waals surface area contributed by atoms with Gasteiger partial charge in [-0.05, 0) is 43.7 Å². The molecule has 2 rings (SSSR count). The summed E-state index contributed by atoms with van der Waals surface area (Å²) in [5.41, 5.74) is 1.34. The number of benzene rings is 1. The van der Waals surface area contributed by atoms with Gasteiger partial charge in [0.15, 0.2) is 0 Å². The van der Waals surface area contributed by atoms with Crippen LogP contribution in [0.3, 0.4) is 0 Å². The van der Waals surface area contributed by atoms with Gasteiger partial charge in [-0.3, -0.25) is 19.2 Å². The molecule has 1 saturated heterocycles. The van der Waals surface area contributed by atoms with Gasteiger partial charge in [0.2, 0.25) is 17.7 Å². The molecule has 3 N–H and O–H groups in total. The lowest BCUT2D eigenvalue weighted by atomic mass is 10.0. The van der Waals surface area contributed by atoms with Crippen LogP contribution in [0.1, 0.15) is 49.0 Å². The molecule has 8 heteroatoms. The van der Waals surface area contributed by atoms with E-state index >= 15 is 0 Å². The predicted octanol–water partition coefficient (Wildman–Crippen LogP) is 0.993. The van der Waals surface area contributed by atoms with E-state index in [9.17, 15) is 19.2 Å². The van der Waals surface area contributed by atoms with Crippen molar-refractivity contribution in [2.75, 3.05) is 20.1 Å². The smallest absolute Gasteiger partial charge is 0.252 e. The standard InChI is InChI=1S/C22H32N4O4/c1-14(2)12-17(25-20(28)16-9-6-5-8-15(16)3)21(29)24-13-19(27)26-11-7-10-18(26)22(30)23-4/h5-6,8-9,14,17-18H,7,10-13H2,1-4H3,(H,23,30)(H,24,29)(H,25,28). The van der Waals surface area contributed by atoms with Crippen LogP contribution in [0.4, 0.5) is 0 Å². The number of likely N-dealkylation sites (tertiary alicyclic amines) is 1. The molecule has 0 radical (unpaired) electrons. The number of amides is 4. The molecule has 1 heterocycles. The Hall–Kier alpha value is -2.90. The van der Waals surface area contributed by atoms with Crippen LogP contribution in [-0.4, -0.2) is 60.7 Å². The minimum Gasteiger partial charge on any atom is -0.357 e. The molecular weight excluding hydrogens is 384 g/mol. The number of rotatable bonds is 8. The summed E-state index contributed by atoms with van der Waals surface area (Å²) in [5.74, 6) is -1.06. The molecule has 0 aliphatic carbocycles. The Morgan fingerprint density at radius 2 is 1.87 bits per heavy atom. The third-order valence-corrected chi connectivity index (χ3v) is 5.25. The van der Waals surface area contributed by atoms with Crippen LogP contribution < -0.4 is 16.0 Å². The summed E-state index contributed by atoms with van der Waals surface area (Å²) in [4.78, 5) is 51.4. The van der Waals surface area contributed by atoms with Crippen molar-refractivity contribution in [1.82, 2.24) is 20.9 Å². The number of carbonyl (C=O) groups is 4. The number of likely N-dealkylation sites (N-methyl/N-ethyl adjacent to an activating group) is 1. The molecule has 1 aromatic carbocycles. The Morgan fingerprint density at radius 3 is 2.50 bits per heavy atom. The molecule has 164 valence electrons. The molecule has 1 aromatic rings. The summed E-state index contributed by atoms with van der Waals surface area (Å²) < 4.78 is 0. The first kappa shape index (κ1) is 23.4. The van der Waals surface area contributed by atoms with Crippen molar-refractivity contribution in [2.45, 2.75) is 52.1 Å². The molecule has 0 bridgehead atoms. The van der Waals surface area contributed by atoms with E-state index in [0.29, 0.717) is 24.9 Å². The SMILES string of the molecule is CNC(=O)C1CCCN1C(=O)CNC(=O)C(CC(C)C)NC(=O)c1ccccc1C. The largest absolute Gasteiger partial charge is 0.357 e. The van der Waals surface area contributed by atoms with Crippen LogP contribution in [0, 0.1) is 12.8 Å². The van der Waals surface area contributed by atoms with Gasteiger partial charge < -0.3 is 20.9 Å². The van der Waals surface area contributed by atoms with Crippen LogP contribution in [0.5, 0.6) is 0 Å². The first-order valence-corrected chi connectivity index (χ1v) is 10.4. The highest BCUT2D eigenvalue weighted by Crippen LogP contribution is 2.17. The number of nitrogens with zero attached hydrogens (tertiary/aromatic N) is 1. The van der Waals surface area contributed by atoms with Gasteiger partial charge in [0.25, 0.3) is 5.91 Å². The van der Waals surface area contributed by atoms with Gasteiger partial charge in [0, 0.05) is 19.2 Å². The van der Waals surface area contributed by atoms with E-state index in [1.165, 1.54) is 4.90 Å². The Kier molecular flexibility index (Phi) is 8.38. The van der Waals surface area contributed by atoms with E-state index in [2.05, 4.69) is 16.0 Å². The fourth-order valence-corrected chi connectivity index (χ4v) is 3.66. The number of nitrogens with one attached hydrogen (secondary N) is 3. The van der Waals surface area contributed by atoms with Crippen LogP contribution in [0.2, 0.25) is 0 Å². The molecule has 1 aliphatic rings. The molecule has 2 unspecified atom stereocenters. The highest BCUT2D eigenvalue weighted by atomic mass is 16.2. The van der Waals surface area contributed by atoms with Crippen molar-refractivity contribution in [3.05, 3.63) is 35.4 Å². The first-order valence-electron chi connectivity index (χ1n) is 10.4. The van der Waals surface area contributed by atoms with Gasteiger partial charge in [-0.2, -0.15) is 0 Å². The zero-order chi connectivity index (χ0) is 22.3. The summed E-state index contributed by atoms with van der Waals surface area (Å²) in [6.45, 7) is 6.05. The maximum absolute atomic E-state index is 12.7. The van der Waals surface area contributed by atoms with Crippen molar-refractivity contribution < 1.29 is 19.2 Å². The first-order chi connectivity index (χ1) is 14.2. The summed E-state index contributed by atoms with van der Waals surface area (Å²) in [7, 11) is 1.54. The third kappa shape index (κ3) is 6.05. The highest BCUT2D eigenvalue weighted by molar-refractivity contribution is 5.99. The zero-order valence-corrected chi connectivity index (χ0v) is 18.2. The van der Waals surface area contributed by atoms with Gasteiger partial charge in [0.05, 0.1) is 6.54 Å². The second kappa shape index (κ2) is 10.8. The minimum atomic E-state index is -0.752. The van der Waals surface area contributed by atoms with Gasteiger partial charge in [0.1, 0.15) is 12.1 Å². The monoisotopic (exact) mass is 416 g/mol. The second-order valence-electron chi connectivity index (χ2n) is 8.05. The molecule has 0 aromatic heterocycles. The maximum Gasteiger partial charge on any atom is 0.252 e. The predicted molar refractivity (Wildman–Crippen MR) is 114 cm³/mol. The summed E-state index contributed by atoms with van der Waals surface area (Å²) in [6.07, 6.45) is 1.81. The fraction of sp³-hybridized carbons (Fsp3) is 0.545. The zero-order valence-electron chi connectivity index (χ0n) is 18.2. The molecular formula is C22H32N4O4. The van der Waals surface area contributed by atoms with Crippen LogP contribution >= 0.6 is 0 Å². The lowest BCUT2D eigenvalue weighted by Crippen LogP contribution is -2.52. The molecule has 1 fully saturated rings. The summed E-state index contributed by atoms with van der Waals surface area (Å²) in [6, 6.07) is 5.93. The lowest BCUT2D eigenvalue weighted by Gasteiger charge is -2.25.